The zero-order valence-corrected chi connectivity index (χ0v) is 12.1. The zero-order chi connectivity index (χ0) is 13.7. The van der Waals surface area contributed by atoms with Gasteiger partial charge in [0.15, 0.2) is 0 Å². The van der Waals surface area contributed by atoms with Gasteiger partial charge in [-0.2, -0.15) is 5.26 Å². The summed E-state index contributed by atoms with van der Waals surface area (Å²) >= 11 is 0. The Kier molecular flexibility index (Phi) is 5.68. The Hall–Kier alpha value is -1.04. The SMILES string of the molecule is CC(C)(C)CC(C(=O)NCCC#N)C(C)(C)C. The van der Waals surface area contributed by atoms with Crippen LogP contribution in [0, 0.1) is 28.1 Å². The van der Waals surface area contributed by atoms with Crippen molar-refractivity contribution in [2.24, 2.45) is 16.7 Å². The van der Waals surface area contributed by atoms with Crippen LogP contribution in [0.4, 0.5) is 0 Å². The minimum absolute atomic E-state index is 0.0128. The van der Waals surface area contributed by atoms with E-state index in [1.54, 1.807) is 0 Å². The topological polar surface area (TPSA) is 52.9 Å². The molecule has 0 aromatic rings. The van der Waals surface area contributed by atoms with Crippen molar-refractivity contribution in [2.75, 3.05) is 6.54 Å². The lowest BCUT2D eigenvalue weighted by molar-refractivity contribution is -0.129. The van der Waals surface area contributed by atoms with Crippen LogP contribution >= 0.6 is 0 Å². The highest BCUT2D eigenvalue weighted by molar-refractivity contribution is 5.79. The molecule has 1 unspecified atom stereocenters. The van der Waals surface area contributed by atoms with Crippen molar-refractivity contribution in [3.63, 3.8) is 0 Å². The van der Waals surface area contributed by atoms with Crippen LogP contribution in [0.2, 0.25) is 0 Å². The summed E-state index contributed by atoms with van der Waals surface area (Å²) in [6.45, 7) is 13.2. The number of nitrogens with zero attached hydrogens (tertiary/aromatic N) is 1. The van der Waals surface area contributed by atoms with Gasteiger partial charge >= 0.3 is 0 Å². The van der Waals surface area contributed by atoms with Crippen molar-refractivity contribution in [1.82, 2.24) is 5.32 Å². The molecule has 1 amide bonds. The van der Waals surface area contributed by atoms with Gasteiger partial charge in [0.25, 0.3) is 0 Å². The first-order valence-corrected chi connectivity index (χ1v) is 6.22. The van der Waals surface area contributed by atoms with Crippen LogP contribution in [-0.4, -0.2) is 12.5 Å². The fraction of sp³-hybridized carbons (Fsp3) is 0.857. The molecule has 0 aliphatic rings. The number of hydrogen-bond acceptors (Lipinski definition) is 2. The number of amides is 1. The Labute approximate surface area is 106 Å². The molecule has 0 heterocycles. The average molecular weight is 238 g/mol. The van der Waals surface area contributed by atoms with Gasteiger partial charge in [0.2, 0.25) is 5.91 Å². The normalized spacial score (nSPS) is 13.9. The van der Waals surface area contributed by atoms with Crippen molar-refractivity contribution in [2.45, 2.75) is 54.4 Å². The van der Waals surface area contributed by atoms with E-state index in [1.165, 1.54) is 0 Å². The fourth-order valence-corrected chi connectivity index (χ4v) is 1.77. The summed E-state index contributed by atoms with van der Waals surface area (Å²) in [5, 5.41) is 11.3. The predicted molar refractivity (Wildman–Crippen MR) is 70.3 cm³/mol. The third-order valence-electron chi connectivity index (χ3n) is 2.71. The van der Waals surface area contributed by atoms with Gasteiger partial charge in [0.05, 0.1) is 12.5 Å². The summed E-state index contributed by atoms with van der Waals surface area (Å²) in [7, 11) is 0. The molecule has 0 saturated carbocycles. The van der Waals surface area contributed by atoms with Crippen molar-refractivity contribution in [3.8, 4) is 6.07 Å². The Balaban J connectivity index is 4.60. The van der Waals surface area contributed by atoms with Gasteiger partial charge in [-0.25, -0.2) is 0 Å². The van der Waals surface area contributed by atoms with Gasteiger partial charge < -0.3 is 5.32 Å². The van der Waals surface area contributed by atoms with E-state index in [0.717, 1.165) is 6.42 Å². The minimum atomic E-state index is -0.0516. The van der Waals surface area contributed by atoms with Gasteiger partial charge in [-0.3, -0.25) is 4.79 Å². The Morgan fingerprint density at radius 3 is 2.12 bits per heavy atom. The second-order valence-electron chi connectivity index (χ2n) is 6.88. The number of carbonyl (C=O) groups excluding carboxylic acids is 1. The first kappa shape index (κ1) is 16.0. The molecule has 1 atom stereocenters. The highest BCUT2D eigenvalue weighted by atomic mass is 16.1. The monoisotopic (exact) mass is 238 g/mol. The molecule has 0 rings (SSSR count). The van der Waals surface area contributed by atoms with E-state index >= 15 is 0 Å². The lowest BCUT2D eigenvalue weighted by Gasteiger charge is -2.34. The first-order valence-electron chi connectivity index (χ1n) is 6.22. The van der Waals surface area contributed by atoms with E-state index in [-0.39, 0.29) is 22.7 Å². The third kappa shape index (κ3) is 6.99. The third-order valence-corrected chi connectivity index (χ3v) is 2.71. The molecule has 0 aliphatic carbocycles. The highest BCUT2D eigenvalue weighted by Crippen LogP contribution is 2.35. The van der Waals surface area contributed by atoms with Crippen LogP contribution in [0.5, 0.6) is 0 Å². The van der Waals surface area contributed by atoms with Gasteiger partial charge in [-0.05, 0) is 17.3 Å². The first-order chi connectivity index (χ1) is 7.58. The minimum Gasteiger partial charge on any atom is -0.355 e. The predicted octanol–water partition coefficient (Wildman–Crippen LogP) is 3.11. The summed E-state index contributed by atoms with van der Waals surface area (Å²) in [6, 6.07) is 2.03. The van der Waals surface area contributed by atoms with Gasteiger partial charge in [-0.1, -0.05) is 41.5 Å². The number of nitrogens with one attached hydrogen (secondary N) is 1. The summed E-state index contributed by atoms with van der Waals surface area (Å²) in [6.07, 6.45) is 1.23. The van der Waals surface area contributed by atoms with Crippen LogP contribution in [0.25, 0.3) is 0 Å². The lowest BCUT2D eigenvalue weighted by Crippen LogP contribution is -2.40. The Morgan fingerprint density at radius 2 is 1.76 bits per heavy atom. The Bertz CT molecular complexity index is 289. The van der Waals surface area contributed by atoms with Gasteiger partial charge in [0, 0.05) is 12.5 Å². The van der Waals surface area contributed by atoms with Crippen molar-refractivity contribution in [3.05, 3.63) is 0 Å². The molecule has 3 nitrogen and oxygen atoms in total. The largest absolute Gasteiger partial charge is 0.355 e. The van der Waals surface area contributed by atoms with E-state index in [0.29, 0.717) is 13.0 Å². The lowest BCUT2D eigenvalue weighted by atomic mass is 9.71. The molecule has 98 valence electrons. The standard InChI is InChI=1S/C14H26N2O/c1-13(2,3)10-11(14(4,5)6)12(17)16-9-7-8-15/h11H,7,9-10H2,1-6H3,(H,16,17). The van der Waals surface area contributed by atoms with E-state index in [9.17, 15) is 4.79 Å². The number of nitriles is 1. The molecule has 0 aromatic heterocycles. The number of carbonyl (C=O) groups is 1. The maximum Gasteiger partial charge on any atom is 0.223 e. The molecule has 0 fully saturated rings. The fourth-order valence-electron chi connectivity index (χ4n) is 1.77. The zero-order valence-electron chi connectivity index (χ0n) is 12.1. The maximum atomic E-state index is 12.1. The molecule has 0 saturated heterocycles. The molecule has 0 spiro atoms. The van der Waals surface area contributed by atoms with Crippen LogP contribution in [0.15, 0.2) is 0 Å². The van der Waals surface area contributed by atoms with E-state index in [2.05, 4.69) is 46.9 Å². The summed E-state index contributed by atoms with van der Waals surface area (Å²) in [5.41, 5.74) is 0.0779. The molecule has 0 aromatic carbocycles. The van der Waals surface area contributed by atoms with Gasteiger partial charge in [0.1, 0.15) is 0 Å². The van der Waals surface area contributed by atoms with E-state index in [1.807, 2.05) is 6.07 Å². The van der Waals surface area contributed by atoms with Crippen LogP contribution < -0.4 is 5.32 Å². The molecule has 0 bridgehead atoms. The van der Waals surface area contributed by atoms with E-state index in [4.69, 9.17) is 5.26 Å². The molecule has 3 heteroatoms. The van der Waals surface area contributed by atoms with Crippen LogP contribution in [-0.2, 0) is 4.79 Å². The molecular weight excluding hydrogens is 212 g/mol. The quantitative estimate of drug-likeness (QED) is 0.765. The second kappa shape index (κ2) is 6.05. The number of hydrogen-bond donors (Lipinski definition) is 1. The molecular formula is C14H26N2O. The van der Waals surface area contributed by atoms with Crippen molar-refractivity contribution >= 4 is 5.91 Å². The van der Waals surface area contributed by atoms with Crippen LogP contribution in [0.3, 0.4) is 0 Å². The summed E-state index contributed by atoms with van der Waals surface area (Å²) < 4.78 is 0. The van der Waals surface area contributed by atoms with Crippen LogP contribution in [0.1, 0.15) is 54.4 Å². The average Bonchev–Trinajstić information content (AvgIpc) is 2.11. The number of rotatable bonds is 4. The molecule has 0 aliphatic heterocycles. The Morgan fingerprint density at radius 1 is 1.24 bits per heavy atom. The molecule has 0 radical (unpaired) electrons. The molecule has 17 heavy (non-hydrogen) atoms. The van der Waals surface area contributed by atoms with E-state index < -0.39 is 0 Å². The summed E-state index contributed by atoms with van der Waals surface area (Å²) in [5.74, 6) is 0.0591. The van der Waals surface area contributed by atoms with Crippen molar-refractivity contribution < 1.29 is 4.79 Å². The maximum absolute atomic E-state index is 12.1. The second-order valence-corrected chi connectivity index (χ2v) is 6.88. The smallest absolute Gasteiger partial charge is 0.223 e. The van der Waals surface area contributed by atoms with Crippen molar-refractivity contribution in [1.29, 1.82) is 5.26 Å². The van der Waals surface area contributed by atoms with Gasteiger partial charge in [-0.15, -0.1) is 0 Å². The summed E-state index contributed by atoms with van der Waals surface area (Å²) in [4.78, 5) is 12.1. The highest BCUT2D eigenvalue weighted by Gasteiger charge is 2.34. The molecule has 1 N–H and O–H groups in total.